The van der Waals surface area contributed by atoms with Gasteiger partial charge in [-0.25, -0.2) is 0 Å². The Hall–Kier alpha value is -0.610. The van der Waals surface area contributed by atoms with E-state index in [1.54, 1.807) is 0 Å². The van der Waals surface area contributed by atoms with E-state index < -0.39 is 0 Å². The van der Waals surface area contributed by atoms with Crippen molar-refractivity contribution in [2.24, 2.45) is 11.8 Å². The molecular weight excluding hydrogens is 228 g/mol. The molecule has 2 fully saturated rings. The van der Waals surface area contributed by atoms with Crippen LogP contribution in [0.2, 0.25) is 0 Å². The van der Waals surface area contributed by atoms with Gasteiger partial charge in [0, 0.05) is 25.6 Å². The van der Waals surface area contributed by atoms with Crippen LogP contribution in [0.3, 0.4) is 0 Å². The van der Waals surface area contributed by atoms with Gasteiger partial charge >= 0.3 is 0 Å². The zero-order valence-corrected chi connectivity index (χ0v) is 11.7. The van der Waals surface area contributed by atoms with Gasteiger partial charge in [-0.1, -0.05) is 6.92 Å². The van der Waals surface area contributed by atoms with Crippen molar-refractivity contribution in [3.63, 3.8) is 0 Å². The number of amides is 1. The second-order valence-corrected chi connectivity index (χ2v) is 5.79. The third-order valence-corrected chi connectivity index (χ3v) is 4.25. The predicted octanol–water partition coefficient (Wildman–Crippen LogP) is 1.26. The lowest BCUT2D eigenvalue weighted by Gasteiger charge is -2.36. The maximum Gasteiger partial charge on any atom is 0.225 e. The Balaban J connectivity index is 1.84. The Kier molecular flexibility index (Phi) is 5.01. The standard InChI is InChI=1S/C14H26N2O2/c1-11-3-5-12(6-4-11)14(17)16-7-8-18-13(10-16)9-15-2/h11-13,15H,3-10H2,1-2H3. The molecule has 1 unspecified atom stereocenters. The van der Waals surface area contributed by atoms with Crippen molar-refractivity contribution in [3.05, 3.63) is 0 Å². The van der Waals surface area contributed by atoms with Crippen LogP contribution in [0.15, 0.2) is 0 Å². The molecule has 1 aliphatic carbocycles. The van der Waals surface area contributed by atoms with Crippen molar-refractivity contribution < 1.29 is 9.53 Å². The Bertz CT molecular complexity index is 273. The first-order valence-electron chi connectivity index (χ1n) is 7.25. The minimum Gasteiger partial charge on any atom is -0.373 e. The third-order valence-electron chi connectivity index (χ3n) is 4.25. The predicted molar refractivity (Wildman–Crippen MR) is 71.4 cm³/mol. The first-order chi connectivity index (χ1) is 8.70. The van der Waals surface area contributed by atoms with E-state index in [2.05, 4.69) is 12.2 Å². The van der Waals surface area contributed by atoms with E-state index in [1.165, 1.54) is 12.8 Å². The summed E-state index contributed by atoms with van der Waals surface area (Å²) < 4.78 is 5.65. The highest BCUT2D eigenvalue weighted by atomic mass is 16.5. The SMILES string of the molecule is CNCC1CN(C(=O)C2CCC(C)CC2)CCO1. The molecule has 2 rings (SSSR count). The Labute approximate surface area is 110 Å². The molecule has 104 valence electrons. The number of hydrogen-bond donors (Lipinski definition) is 1. The van der Waals surface area contributed by atoms with Crippen molar-refractivity contribution in [1.82, 2.24) is 10.2 Å². The molecule has 18 heavy (non-hydrogen) atoms. The fraction of sp³-hybridized carbons (Fsp3) is 0.929. The summed E-state index contributed by atoms with van der Waals surface area (Å²) in [7, 11) is 1.92. The zero-order chi connectivity index (χ0) is 13.0. The molecule has 4 heteroatoms. The van der Waals surface area contributed by atoms with Gasteiger partial charge in [0.25, 0.3) is 0 Å². The van der Waals surface area contributed by atoms with Crippen LogP contribution in [-0.4, -0.2) is 50.2 Å². The van der Waals surface area contributed by atoms with E-state index in [9.17, 15) is 4.79 Å². The van der Waals surface area contributed by atoms with Crippen LogP contribution in [0, 0.1) is 11.8 Å². The maximum atomic E-state index is 12.5. The third kappa shape index (κ3) is 3.45. The number of nitrogens with zero attached hydrogens (tertiary/aromatic N) is 1. The van der Waals surface area contributed by atoms with Gasteiger partial charge in [0.2, 0.25) is 5.91 Å². The number of likely N-dealkylation sites (N-methyl/N-ethyl adjacent to an activating group) is 1. The average molecular weight is 254 g/mol. The molecule has 1 atom stereocenters. The van der Waals surface area contributed by atoms with E-state index in [0.29, 0.717) is 12.5 Å². The van der Waals surface area contributed by atoms with Crippen molar-refractivity contribution in [2.45, 2.75) is 38.7 Å². The van der Waals surface area contributed by atoms with Gasteiger partial charge in [-0.05, 0) is 38.6 Å². The number of ether oxygens (including phenoxy) is 1. The molecule has 0 radical (unpaired) electrons. The summed E-state index contributed by atoms with van der Waals surface area (Å²) in [5.74, 6) is 1.44. The number of morpholine rings is 1. The van der Waals surface area contributed by atoms with E-state index >= 15 is 0 Å². The molecule has 1 heterocycles. The van der Waals surface area contributed by atoms with Gasteiger partial charge in [-0.3, -0.25) is 4.79 Å². The first kappa shape index (κ1) is 13.8. The second kappa shape index (κ2) is 6.53. The van der Waals surface area contributed by atoms with Crippen LogP contribution in [0.1, 0.15) is 32.6 Å². The summed E-state index contributed by atoms with van der Waals surface area (Å²) in [6.45, 7) is 5.32. The van der Waals surface area contributed by atoms with Gasteiger partial charge in [0.05, 0.1) is 12.7 Å². The largest absolute Gasteiger partial charge is 0.373 e. The fourth-order valence-corrected chi connectivity index (χ4v) is 3.04. The molecule has 0 aromatic carbocycles. The minimum absolute atomic E-state index is 0.162. The molecule has 1 amide bonds. The van der Waals surface area contributed by atoms with Crippen LogP contribution in [0.5, 0.6) is 0 Å². The first-order valence-corrected chi connectivity index (χ1v) is 7.25. The summed E-state index contributed by atoms with van der Waals surface area (Å²) in [4.78, 5) is 14.5. The van der Waals surface area contributed by atoms with Gasteiger partial charge in [-0.2, -0.15) is 0 Å². The quantitative estimate of drug-likeness (QED) is 0.824. The molecular formula is C14H26N2O2. The molecule has 1 saturated heterocycles. The molecule has 2 aliphatic rings. The lowest BCUT2D eigenvalue weighted by Crippen LogP contribution is -2.50. The van der Waals surface area contributed by atoms with Crippen molar-refractivity contribution in [2.75, 3.05) is 33.3 Å². The molecule has 1 saturated carbocycles. The normalized spacial score (nSPS) is 33.4. The van der Waals surface area contributed by atoms with Crippen LogP contribution in [0.25, 0.3) is 0 Å². The average Bonchev–Trinajstić information content (AvgIpc) is 2.39. The van der Waals surface area contributed by atoms with Crippen molar-refractivity contribution in [3.8, 4) is 0 Å². The molecule has 0 aromatic rings. The summed E-state index contributed by atoms with van der Waals surface area (Å²) in [5.41, 5.74) is 0. The second-order valence-electron chi connectivity index (χ2n) is 5.79. The Morgan fingerprint density at radius 3 is 2.72 bits per heavy atom. The van der Waals surface area contributed by atoms with E-state index in [4.69, 9.17) is 4.74 Å². The highest BCUT2D eigenvalue weighted by molar-refractivity contribution is 5.79. The number of nitrogens with one attached hydrogen (secondary N) is 1. The summed E-state index contributed by atoms with van der Waals surface area (Å²) in [5, 5.41) is 3.12. The monoisotopic (exact) mass is 254 g/mol. The van der Waals surface area contributed by atoms with Crippen molar-refractivity contribution in [1.29, 1.82) is 0 Å². The smallest absolute Gasteiger partial charge is 0.225 e. The Morgan fingerprint density at radius 1 is 1.33 bits per heavy atom. The molecule has 0 aromatic heterocycles. The van der Waals surface area contributed by atoms with E-state index in [-0.39, 0.29) is 12.0 Å². The summed E-state index contributed by atoms with van der Waals surface area (Å²) in [6.07, 6.45) is 4.74. The summed E-state index contributed by atoms with van der Waals surface area (Å²) in [6, 6.07) is 0. The van der Waals surface area contributed by atoms with Crippen LogP contribution in [0.4, 0.5) is 0 Å². The van der Waals surface area contributed by atoms with Gasteiger partial charge in [0.1, 0.15) is 0 Å². The number of carbonyl (C=O) groups is 1. The van der Waals surface area contributed by atoms with Crippen LogP contribution < -0.4 is 5.32 Å². The molecule has 1 N–H and O–H groups in total. The topological polar surface area (TPSA) is 41.6 Å². The van der Waals surface area contributed by atoms with Crippen LogP contribution in [-0.2, 0) is 9.53 Å². The van der Waals surface area contributed by atoms with Gasteiger partial charge in [-0.15, -0.1) is 0 Å². The van der Waals surface area contributed by atoms with Gasteiger partial charge < -0.3 is 15.0 Å². The zero-order valence-electron chi connectivity index (χ0n) is 11.7. The summed E-state index contributed by atoms with van der Waals surface area (Å²) >= 11 is 0. The molecule has 4 nitrogen and oxygen atoms in total. The maximum absolute atomic E-state index is 12.5. The number of rotatable bonds is 3. The lowest BCUT2D eigenvalue weighted by atomic mass is 9.82. The highest BCUT2D eigenvalue weighted by Gasteiger charge is 2.31. The van der Waals surface area contributed by atoms with Crippen molar-refractivity contribution >= 4 is 5.91 Å². The van der Waals surface area contributed by atoms with Crippen LogP contribution >= 0.6 is 0 Å². The molecule has 0 spiro atoms. The lowest BCUT2D eigenvalue weighted by molar-refractivity contribution is -0.144. The van der Waals surface area contributed by atoms with Gasteiger partial charge in [0.15, 0.2) is 0 Å². The molecule has 1 aliphatic heterocycles. The van der Waals surface area contributed by atoms with E-state index in [0.717, 1.165) is 38.4 Å². The minimum atomic E-state index is 0.162. The number of hydrogen-bond acceptors (Lipinski definition) is 3. The highest BCUT2D eigenvalue weighted by Crippen LogP contribution is 2.29. The Morgan fingerprint density at radius 2 is 2.06 bits per heavy atom. The van der Waals surface area contributed by atoms with E-state index in [1.807, 2.05) is 11.9 Å². The fourth-order valence-electron chi connectivity index (χ4n) is 3.04. The number of carbonyl (C=O) groups excluding carboxylic acids is 1. The molecule has 0 bridgehead atoms.